The van der Waals surface area contributed by atoms with Crippen molar-refractivity contribution in [2.24, 2.45) is 0 Å². The number of sulfonamides is 1. The van der Waals surface area contributed by atoms with Gasteiger partial charge in [0.15, 0.2) is 0 Å². The lowest BCUT2D eigenvalue weighted by atomic mass is 9.94. The van der Waals surface area contributed by atoms with Crippen LogP contribution in [0.5, 0.6) is 0 Å². The first-order valence-electron chi connectivity index (χ1n) is 14.0. The molecule has 0 saturated carbocycles. The van der Waals surface area contributed by atoms with Crippen LogP contribution in [0.25, 0.3) is 33.6 Å². The first kappa shape index (κ1) is 28.0. The number of hydrogen-bond donors (Lipinski definition) is 1. The van der Waals surface area contributed by atoms with Gasteiger partial charge in [0, 0.05) is 72.9 Å². The molecule has 1 atom stereocenters. The number of furan rings is 1. The van der Waals surface area contributed by atoms with E-state index in [1.165, 1.54) is 44.4 Å². The number of nitrogens with one attached hydrogen (secondary N) is 1. The van der Waals surface area contributed by atoms with Crippen LogP contribution in [0.2, 0.25) is 0 Å². The summed E-state index contributed by atoms with van der Waals surface area (Å²) < 4.78 is 61.3. The van der Waals surface area contributed by atoms with Crippen molar-refractivity contribution in [3.05, 3.63) is 94.7 Å². The van der Waals surface area contributed by atoms with Crippen molar-refractivity contribution in [1.82, 2.24) is 15.5 Å². The summed E-state index contributed by atoms with van der Waals surface area (Å²) in [5.74, 6) is -0.913. The molecule has 3 aromatic carbocycles. The summed E-state index contributed by atoms with van der Waals surface area (Å²) in [7, 11) is -0.821. The second kappa shape index (κ2) is 10.1. The van der Waals surface area contributed by atoms with Crippen molar-refractivity contribution in [2.45, 2.75) is 18.9 Å². The van der Waals surface area contributed by atoms with Gasteiger partial charge in [0.25, 0.3) is 5.91 Å². The van der Waals surface area contributed by atoms with Crippen molar-refractivity contribution in [3.8, 4) is 22.6 Å². The summed E-state index contributed by atoms with van der Waals surface area (Å²) in [6.07, 6.45) is 2.18. The molecule has 0 bridgehead atoms. The van der Waals surface area contributed by atoms with Gasteiger partial charge in [-0.1, -0.05) is 6.07 Å². The summed E-state index contributed by atoms with van der Waals surface area (Å²) in [4.78, 5) is 15.4. The molecule has 224 valence electrons. The molecule has 4 heterocycles. The van der Waals surface area contributed by atoms with Crippen LogP contribution in [0.4, 0.5) is 20.2 Å². The van der Waals surface area contributed by atoms with Gasteiger partial charge in [-0.15, -0.1) is 0 Å². The molecular weight excluding hydrogens is 588 g/mol. The van der Waals surface area contributed by atoms with Crippen LogP contribution in [0, 0.1) is 11.6 Å². The van der Waals surface area contributed by atoms with E-state index >= 15 is 0 Å². The third kappa shape index (κ3) is 4.39. The molecule has 2 aliphatic rings. The van der Waals surface area contributed by atoms with Crippen molar-refractivity contribution in [3.63, 3.8) is 0 Å². The van der Waals surface area contributed by atoms with Crippen LogP contribution in [-0.4, -0.2) is 51.4 Å². The molecule has 12 heteroatoms. The van der Waals surface area contributed by atoms with Gasteiger partial charge in [0.2, 0.25) is 10.0 Å². The van der Waals surface area contributed by atoms with Gasteiger partial charge in [-0.25, -0.2) is 17.2 Å². The van der Waals surface area contributed by atoms with Crippen LogP contribution in [0.15, 0.2) is 65.1 Å². The molecule has 1 N–H and O–H groups in total. The molecule has 1 amide bonds. The minimum Gasteiger partial charge on any atom is -0.455 e. The standard InChI is InChI=1S/C32H27F2N5O4S/c1-35-32(40)30-22-13-20(27(38(2)44(3,41)42)16-29(22)43-31(30)17-7-9-18(33)10-8-17)25-14-21-24(36-37-25)11-12-39-26-6-4-5-23(34)19(26)15-28(21)39/h4-10,13-14,16,28H,11-12,15H2,1-3H3,(H,35,40). The van der Waals surface area contributed by atoms with Crippen molar-refractivity contribution in [1.29, 1.82) is 0 Å². The molecule has 2 aliphatic heterocycles. The molecule has 44 heavy (non-hydrogen) atoms. The number of halogens is 2. The molecule has 0 radical (unpaired) electrons. The summed E-state index contributed by atoms with van der Waals surface area (Å²) in [5, 5.41) is 12.1. The highest BCUT2D eigenvalue weighted by Crippen LogP contribution is 2.46. The Balaban J connectivity index is 1.44. The molecule has 5 aromatic rings. The third-order valence-electron chi connectivity index (χ3n) is 8.51. The van der Waals surface area contributed by atoms with E-state index in [2.05, 4.69) is 20.4 Å². The first-order valence-corrected chi connectivity index (χ1v) is 15.8. The average Bonchev–Trinajstić information content (AvgIpc) is 3.59. The molecule has 2 aromatic heterocycles. The van der Waals surface area contributed by atoms with Gasteiger partial charge in [-0.05, 0) is 48.5 Å². The van der Waals surface area contributed by atoms with E-state index in [-0.39, 0.29) is 34.5 Å². The molecule has 0 saturated heterocycles. The third-order valence-corrected chi connectivity index (χ3v) is 9.70. The molecule has 0 fully saturated rings. The van der Waals surface area contributed by atoms with E-state index in [9.17, 15) is 22.0 Å². The van der Waals surface area contributed by atoms with Gasteiger partial charge in [-0.3, -0.25) is 9.10 Å². The zero-order valence-electron chi connectivity index (χ0n) is 24.1. The van der Waals surface area contributed by atoms with Crippen LogP contribution < -0.4 is 14.5 Å². The van der Waals surface area contributed by atoms with Crippen molar-refractivity contribution < 1.29 is 26.4 Å². The molecular formula is C32H27F2N5O4S. The molecule has 0 aliphatic carbocycles. The Kier molecular flexibility index (Phi) is 6.43. The Morgan fingerprint density at radius 3 is 2.59 bits per heavy atom. The van der Waals surface area contributed by atoms with E-state index < -0.39 is 21.7 Å². The predicted molar refractivity (Wildman–Crippen MR) is 163 cm³/mol. The summed E-state index contributed by atoms with van der Waals surface area (Å²) in [5.41, 5.74) is 5.22. The van der Waals surface area contributed by atoms with Crippen LogP contribution >= 0.6 is 0 Å². The number of carbonyl (C=O) groups is 1. The van der Waals surface area contributed by atoms with Gasteiger partial charge >= 0.3 is 0 Å². The number of hydrogen-bond acceptors (Lipinski definition) is 7. The Hall–Kier alpha value is -4.84. The summed E-state index contributed by atoms with van der Waals surface area (Å²) >= 11 is 0. The number of carbonyl (C=O) groups excluding carboxylic acids is 1. The largest absolute Gasteiger partial charge is 0.455 e. The van der Waals surface area contributed by atoms with Crippen LogP contribution in [0.1, 0.15) is 33.2 Å². The van der Waals surface area contributed by atoms with E-state index in [0.29, 0.717) is 47.2 Å². The zero-order chi connectivity index (χ0) is 30.9. The number of amides is 1. The maximum absolute atomic E-state index is 14.8. The number of aromatic nitrogens is 2. The van der Waals surface area contributed by atoms with Crippen molar-refractivity contribution in [2.75, 3.05) is 36.1 Å². The molecule has 9 nitrogen and oxygen atoms in total. The lowest BCUT2D eigenvalue weighted by Gasteiger charge is -2.33. The fourth-order valence-electron chi connectivity index (χ4n) is 6.25. The number of nitrogens with zero attached hydrogens (tertiary/aromatic N) is 4. The maximum atomic E-state index is 14.8. The Labute approximate surface area is 252 Å². The monoisotopic (exact) mass is 615 g/mol. The van der Waals surface area contributed by atoms with Gasteiger partial charge in [-0.2, -0.15) is 10.2 Å². The van der Waals surface area contributed by atoms with E-state index in [4.69, 9.17) is 4.42 Å². The van der Waals surface area contributed by atoms with Crippen LogP contribution in [0.3, 0.4) is 0 Å². The van der Waals surface area contributed by atoms with Gasteiger partial charge in [0.1, 0.15) is 23.0 Å². The van der Waals surface area contributed by atoms with Crippen molar-refractivity contribution >= 4 is 38.3 Å². The number of fused-ring (bicyclic) bond motifs is 6. The average molecular weight is 616 g/mol. The Bertz CT molecular complexity index is 2100. The van der Waals surface area contributed by atoms with Gasteiger partial charge in [0.05, 0.1) is 34.9 Å². The smallest absolute Gasteiger partial charge is 0.255 e. The molecule has 0 spiro atoms. The van der Waals surface area contributed by atoms with Gasteiger partial charge < -0.3 is 14.6 Å². The number of anilines is 2. The molecule has 7 rings (SSSR count). The highest BCUT2D eigenvalue weighted by Gasteiger charge is 2.37. The van der Waals surface area contributed by atoms with Crippen LogP contribution in [-0.2, 0) is 22.9 Å². The predicted octanol–water partition coefficient (Wildman–Crippen LogP) is 5.25. The lowest BCUT2D eigenvalue weighted by Crippen LogP contribution is -2.33. The number of benzene rings is 3. The lowest BCUT2D eigenvalue weighted by molar-refractivity contribution is 0.0964. The first-order chi connectivity index (χ1) is 21.0. The van der Waals surface area contributed by atoms with E-state index in [0.717, 1.165) is 27.5 Å². The quantitative estimate of drug-likeness (QED) is 0.288. The second-order valence-corrected chi connectivity index (χ2v) is 13.0. The Morgan fingerprint density at radius 2 is 1.86 bits per heavy atom. The highest BCUT2D eigenvalue weighted by atomic mass is 32.2. The van der Waals surface area contributed by atoms with E-state index in [1.807, 2.05) is 12.1 Å². The fraction of sp³-hybridized carbons (Fsp3) is 0.219. The highest BCUT2D eigenvalue weighted by molar-refractivity contribution is 7.92. The topological polar surface area (TPSA) is 109 Å². The summed E-state index contributed by atoms with van der Waals surface area (Å²) in [6, 6.07) is 15.6. The maximum Gasteiger partial charge on any atom is 0.255 e. The van der Waals surface area contributed by atoms with E-state index in [1.54, 1.807) is 18.2 Å². The Morgan fingerprint density at radius 1 is 1.09 bits per heavy atom. The SMILES string of the molecule is CNC(=O)c1c(-c2ccc(F)cc2)oc2cc(N(C)S(C)(=O)=O)c(-c3cc4c(nn3)CCN3c5cccc(F)c5CC43)cc12. The normalized spacial score (nSPS) is 15.6. The minimum absolute atomic E-state index is 0.153. The zero-order valence-corrected chi connectivity index (χ0v) is 24.9. The minimum atomic E-state index is -3.74. The molecule has 1 unspecified atom stereocenters. The summed E-state index contributed by atoms with van der Waals surface area (Å²) in [6.45, 7) is 0.673. The fourth-order valence-corrected chi connectivity index (χ4v) is 6.76. The second-order valence-electron chi connectivity index (χ2n) is 11.0. The number of rotatable bonds is 5.